The summed E-state index contributed by atoms with van der Waals surface area (Å²) in [6.07, 6.45) is 2.62. The summed E-state index contributed by atoms with van der Waals surface area (Å²) in [5.74, 6) is 0.836. The van der Waals surface area contributed by atoms with Gasteiger partial charge in [0.15, 0.2) is 5.96 Å². The molecule has 2 rings (SSSR count). The van der Waals surface area contributed by atoms with Crippen LogP contribution in [0.15, 0.2) is 29.3 Å². The van der Waals surface area contributed by atoms with Crippen molar-refractivity contribution in [2.24, 2.45) is 4.99 Å². The van der Waals surface area contributed by atoms with Crippen molar-refractivity contribution in [2.75, 3.05) is 33.3 Å². The first-order valence-corrected chi connectivity index (χ1v) is 9.12. The van der Waals surface area contributed by atoms with Crippen molar-refractivity contribution >= 4 is 5.96 Å². The molecule has 24 heavy (non-hydrogen) atoms. The molecule has 1 saturated heterocycles. The van der Waals surface area contributed by atoms with E-state index in [2.05, 4.69) is 58.6 Å². The number of hydrogen-bond acceptors (Lipinski definition) is 3. The van der Waals surface area contributed by atoms with Gasteiger partial charge < -0.3 is 15.4 Å². The molecule has 1 aromatic carbocycles. The molecule has 0 radical (unpaired) electrons. The second kappa shape index (κ2) is 10.3. The Kier molecular flexibility index (Phi) is 8.05. The third-order valence-electron chi connectivity index (χ3n) is 4.60. The Morgan fingerprint density at radius 2 is 1.96 bits per heavy atom. The Morgan fingerprint density at radius 1 is 1.21 bits per heavy atom. The summed E-state index contributed by atoms with van der Waals surface area (Å²) < 4.78 is 5.65. The monoisotopic (exact) mass is 332 g/mol. The van der Waals surface area contributed by atoms with E-state index < -0.39 is 0 Å². The normalized spacial score (nSPS) is 18.2. The summed E-state index contributed by atoms with van der Waals surface area (Å²) >= 11 is 0. The quantitative estimate of drug-likeness (QED) is 0.567. The largest absolute Gasteiger partial charge is 0.376 e. The van der Waals surface area contributed by atoms with Gasteiger partial charge in [-0.2, -0.15) is 0 Å². The molecular formula is C19H32N4O. The van der Waals surface area contributed by atoms with Crippen LogP contribution in [0.1, 0.15) is 37.8 Å². The van der Waals surface area contributed by atoms with Gasteiger partial charge in [-0.3, -0.25) is 9.89 Å². The summed E-state index contributed by atoms with van der Waals surface area (Å²) in [5, 5.41) is 6.79. The van der Waals surface area contributed by atoms with Crippen LogP contribution in [-0.4, -0.2) is 50.3 Å². The highest BCUT2D eigenvalue weighted by molar-refractivity contribution is 5.79. The first-order valence-electron chi connectivity index (χ1n) is 9.12. The summed E-state index contributed by atoms with van der Waals surface area (Å²) in [4.78, 5) is 6.75. The highest BCUT2D eigenvalue weighted by Crippen LogP contribution is 2.12. The lowest BCUT2D eigenvalue weighted by atomic mass is 10.1. The molecule has 1 heterocycles. The van der Waals surface area contributed by atoms with Crippen LogP contribution in [0.4, 0.5) is 0 Å². The average Bonchev–Trinajstić information content (AvgIpc) is 3.14. The van der Waals surface area contributed by atoms with Crippen LogP contribution in [0.2, 0.25) is 0 Å². The van der Waals surface area contributed by atoms with Crippen LogP contribution >= 0.6 is 0 Å². The molecule has 0 aliphatic carbocycles. The zero-order valence-electron chi connectivity index (χ0n) is 15.3. The van der Waals surface area contributed by atoms with E-state index >= 15 is 0 Å². The number of guanidine groups is 1. The average molecular weight is 332 g/mol. The molecule has 1 atom stereocenters. The van der Waals surface area contributed by atoms with E-state index in [1.54, 1.807) is 0 Å². The molecule has 0 amide bonds. The van der Waals surface area contributed by atoms with Crippen molar-refractivity contribution in [1.29, 1.82) is 0 Å². The molecule has 0 bridgehead atoms. The fraction of sp³-hybridized carbons (Fsp3) is 0.632. The van der Waals surface area contributed by atoms with Crippen molar-refractivity contribution in [3.63, 3.8) is 0 Å². The van der Waals surface area contributed by atoms with Crippen LogP contribution in [0.3, 0.4) is 0 Å². The fourth-order valence-electron chi connectivity index (χ4n) is 2.99. The van der Waals surface area contributed by atoms with Crippen molar-refractivity contribution in [3.8, 4) is 0 Å². The molecule has 1 aromatic rings. The molecule has 0 aromatic heterocycles. The Morgan fingerprint density at radius 3 is 2.58 bits per heavy atom. The zero-order chi connectivity index (χ0) is 17.2. The molecule has 1 unspecified atom stereocenters. The molecule has 0 spiro atoms. The van der Waals surface area contributed by atoms with E-state index in [1.807, 2.05) is 7.05 Å². The number of aliphatic imine (C=N–C) groups is 1. The Bertz CT molecular complexity index is 508. The molecule has 5 nitrogen and oxygen atoms in total. The van der Waals surface area contributed by atoms with Crippen LogP contribution in [0.5, 0.6) is 0 Å². The number of ether oxygens (including phenoxy) is 1. The molecule has 5 heteroatoms. The van der Waals surface area contributed by atoms with Gasteiger partial charge in [-0.15, -0.1) is 0 Å². The number of nitrogens with one attached hydrogen (secondary N) is 2. The van der Waals surface area contributed by atoms with Gasteiger partial charge in [-0.1, -0.05) is 38.1 Å². The summed E-state index contributed by atoms with van der Waals surface area (Å²) in [6.45, 7) is 10.0. The van der Waals surface area contributed by atoms with Crippen molar-refractivity contribution in [1.82, 2.24) is 15.5 Å². The van der Waals surface area contributed by atoms with Gasteiger partial charge in [-0.05, 0) is 37.1 Å². The SMILES string of the molecule is CCN(CC)Cc1ccccc1CNC(=NC)NCC1CCCO1. The molecule has 1 aliphatic heterocycles. The molecule has 0 saturated carbocycles. The first-order chi connectivity index (χ1) is 11.8. The maximum absolute atomic E-state index is 5.65. The van der Waals surface area contributed by atoms with Crippen molar-refractivity contribution in [3.05, 3.63) is 35.4 Å². The van der Waals surface area contributed by atoms with Crippen molar-refractivity contribution in [2.45, 2.75) is 45.9 Å². The number of benzene rings is 1. The maximum Gasteiger partial charge on any atom is 0.191 e. The minimum absolute atomic E-state index is 0.318. The predicted octanol–water partition coefficient (Wildman–Crippen LogP) is 2.37. The lowest BCUT2D eigenvalue weighted by Gasteiger charge is -2.21. The van der Waals surface area contributed by atoms with Gasteiger partial charge in [0, 0.05) is 33.3 Å². The first kappa shape index (κ1) is 18.7. The molecular weight excluding hydrogens is 300 g/mol. The molecule has 1 fully saturated rings. The third kappa shape index (κ3) is 5.80. The van der Waals surface area contributed by atoms with Gasteiger partial charge in [0.2, 0.25) is 0 Å². The summed E-state index contributed by atoms with van der Waals surface area (Å²) in [6, 6.07) is 8.63. The third-order valence-corrected chi connectivity index (χ3v) is 4.60. The second-order valence-corrected chi connectivity index (χ2v) is 6.17. The van der Waals surface area contributed by atoms with Gasteiger partial charge >= 0.3 is 0 Å². The van der Waals surface area contributed by atoms with Crippen LogP contribution in [0.25, 0.3) is 0 Å². The van der Waals surface area contributed by atoms with Crippen molar-refractivity contribution < 1.29 is 4.74 Å². The molecule has 2 N–H and O–H groups in total. The maximum atomic E-state index is 5.65. The lowest BCUT2D eigenvalue weighted by Crippen LogP contribution is -2.40. The highest BCUT2D eigenvalue weighted by Gasteiger charge is 2.15. The van der Waals surface area contributed by atoms with E-state index in [0.717, 1.165) is 58.1 Å². The smallest absolute Gasteiger partial charge is 0.191 e. The lowest BCUT2D eigenvalue weighted by molar-refractivity contribution is 0.114. The van der Waals surface area contributed by atoms with E-state index in [4.69, 9.17) is 4.74 Å². The van der Waals surface area contributed by atoms with E-state index in [9.17, 15) is 0 Å². The molecule has 134 valence electrons. The standard InChI is InChI=1S/C19H32N4O/c1-4-23(5-2)15-17-10-7-6-9-16(17)13-21-19(20-3)22-14-18-11-8-12-24-18/h6-7,9-10,18H,4-5,8,11-15H2,1-3H3,(H2,20,21,22). The Balaban J connectivity index is 1.87. The van der Waals surface area contributed by atoms with E-state index in [1.165, 1.54) is 11.1 Å². The Hall–Kier alpha value is -1.59. The van der Waals surface area contributed by atoms with Crippen LogP contribution in [-0.2, 0) is 17.8 Å². The minimum atomic E-state index is 0.318. The van der Waals surface area contributed by atoms with E-state index in [-0.39, 0.29) is 0 Å². The molecule has 1 aliphatic rings. The number of rotatable bonds is 8. The van der Waals surface area contributed by atoms with Crippen LogP contribution in [0, 0.1) is 0 Å². The van der Waals surface area contributed by atoms with Crippen LogP contribution < -0.4 is 10.6 Å². The Labute approximate surface area is 146 Å². The number of nitrogens with zero attached hydrogens (tertiary/aromatic N) is 2. The van der Waals surface area contributed by atoms with E-state index in [0.29, 0.717) is 6.10 Å². The topological polar surface area (TPSA) is 48.9 Å². The minimum Gasteiger partial charge on any atom is -0.376 e. The summed E-state index contributed by atoms with van der Waals surface area (Å²) in [5.41, 5.74) is 2.70. The zero-order valence-corrected chi connectivity index (χ0v) is 15.3. The fourth-order valence-corrected chi connectivity index (χ4v) is 2.99. The predicted molar refractivity (Wildman–Crippen MR) is 100 cm³/mol. The van der Waals surface area contributed by atoms with Gasteiger partial charge in [0.25, 0.3) is 0 Å². The van der Waals surface area contributed by atoms with Gasteiger partial charge in [0.1, 0.15) is 0 Å². The van der Waals surface area contributed by atoms with Gasteiger partial charge in [-0.25, -0.2) is 0 Å². The summed E-state index contributed by atoms with van der Waals surface area (Å²) in [7, 11) is 1.81. The highest BCUT2D eigenvalue weighted by atomic mass is 16.5. The second-order valence-electron chi connectivity index (χ2n) is 6.17. The van der Waals surface area contributed by atoms with Gasteiger partial charge in [0.05, 0.1) is 6.10 Å². The number of hydrogen-bond donors (Lipinski definition) is 2.